The molecular weight excluding hydrogens is 639 g/mol. The average Bonchev–Trinajstić information content (AvgIpc) is 3.15. The predicted octanol–water partition coefficient (Wildman–Crippen LogP) is 4.36. The number of anilines is 1. The molecule has 0 aliphatic carbocycles. The van der Waals surface area contributed by atoms with Gasteiger partial charge in [0.05, 0.1) is 23.7 Å². The minimum atomic E-state index is -3.90. The number of amides is 2. The Morgan fingerprint density at radius 2 is 1.37 bits per heavy atom. The van der Waals surface area contributed by atoms with Gasteiger partial charge in [0.2, 0.25) is 15.9 Å². The average molecular weight is 688 g/mol. The van der Waals surface area contributed by atoms with E-state index in [9.17, 15) is 18.0 Å². The van der Waals surface area contributed by atoms with Gasteiger partial charge in [-0.25, -0.2) is 8.42 Å². The number of piperidine rings is 1. The Morgan fingerprint density at radius 3 is 1.94 bits per heavy atom. The van der Waals surface area contributed by atoms with Gasteiger partial charge >= 0.3 is 0 Å². The SMILES string of the molecule is CC(C)N1CCN(C(=O)C2CCN(S(=O)(=O)c3ccc(NCC(c4ccccc4)c4ccccc4)c(C(=O)N4CCOCC4)c3)CC2)CC1. The largest absolute Gasteiger partial charge is 0.383 e. The predicted molar refractivity (Wildman–Crippen MR) is 191 cm³/mol. The molecule has 6 rings (SSSR count). The highest BCUT2D eigenvalue weighted by Crippen LogP contribution is 2.31. The molecule has 1 N–H and O–H groups in total. The molecule has 0 unspecified atom stereocenters. The number of sulfonamides is 1. The maximum atomic E-state index is 14.0. The molecule has 0 saturated carbocycles. The Labute approximate surface area is 291 Å². The molecule has 0 bridgehead atoms. The van der Waals surface area contributed by atoms with E-state index in [1.165, 1.54) is 10.4 Å². The standard InChI is InChI=1S/C38H49N5O5S/c1-29(2)40-19-21-41(22-20-40)37(44)32-15-17-43(18-16-32)49(46,47)33-13-14-36(34(27-33)38(45)42-23-25-48-26-24-42)39-28-35(30-9-5-3-6-10-30)31-11-7-4-8-12-31/h3-14,27,29,32,35,39H,15-26,28H2,1-2H3. The number of carbonyl (C=O) groups is 2. The third kappa shape index (κ3) is 8.17. The van der Waals surface area contributed by atoms with Gasteiger partial charge in [-0.2, -0.15) is 4.31 Å². The van der Waals surface area contributed by atoms with Crippen molar-refractivity contribution >= 4 is 27.5 Å². The third-order valence-electron chi connectivity index (χ3n) is 10.2. The Hall–Kier alpha value is -3.77. The lowest BCUT2D eigenvalue weighted by atomic mass is 9.91. The van der Waals surface area contributed by atoms with E-state index in [-0.39, 0.29) is 41.6 Å². The molecule has 262 valence electrons. The number of nitrogens with one attached hydrogen (secondary N) is 1. The summed E-state index contributed by atoms with van der Waals surface area (Å²) in [5.41, 5.74) is 3.20. The van der Waals surface area contributed by atoms with Crippen molar-refractivity contribution in [1.29, 1.82) is 0 Å². The smallest absolute Gasteiger partial charge is 0.256 e. The summed E-state index contributed by atoms with van der Waals surface area (Å²) < 4.78 is 35.0. The van der Waals surface area contributed by atoms with Crippen LogP contribution in [0.15, 0.2) is 83.8 Å². The van der Waals surface area contributed by atoms with Crippen LogP contribution in [0, 0.1) is 5.92 Å². The van der Waals surface area contributed by atoms with Gasteiger partial charge in [0.1, 0.15) is 0 Å². The summed E-state index contributed by atoms with van der Waals surface area (Å²) in [4.78, 5) is 33.4. The number of hydrogen-bond donors (Lipinski definition) is 1. The van der Waals surface area contributed by atoms with Gasteiger partial charge in [-0.1, -0.05) is 60.7 Å². The first kappa shape index (κ1) is 35.1. The van der Waals surface area contributed by atoms with Crippen LogP contribution in [0.4, 0.5) is 5.69 Å². The summed E-state index contributed by atoms with van der Waals surface area (Å²) in [5, 5.41) is 3.51. The molecular formula is C38H49N5O5S. The molecule has 3 aromatic carbocycles. The summed E-state index contributed by atoms with van der Waals surface area (Å²) in [5.74, 6) is -0.247. The minimum Gasteiger partial charge on any atom is -0.383 e. The molecule has 3 saturated heterocycles. The first-order valence-corrected chi connectivity index (χ1v) is 19.0. The van der Waals surface area contributed by atoms with Crippen LogP contribution < -0.4 is 5.32 Å². The maximum Gasteiger partial charge on any atom is 0.256 e. The van der Waals surface area contributed by atoms with E-state index < -0.39 is 10.0 Å². The van der Waals surface area contributed by atoms with E-state index in [0.29, 0.717) is 76.1 Å². The molecule has 3 aromatic rings. The van der Waals surface area contributed by atoms with Crippen LogP contribution in [0.3, 0.4) is 0 Å². The molecule has 11 heteroatoms. The molecule has 0 radical (unpaired) electrons. The van der Waals surface area contributed by atoms with Crippen molar-refractivity contribution < 1.29 is 22.7 Å². The summed E-state index contributed by atoms with van der Waals surface area (Å²) in [6, 6.07) is 25.7. The highest BCUT2D eigenvalue weighted by Gasteiger charge is 2.35. The molecule has 0 aromatic heterocycles. The van der Waals surface area contributed by atoms with Crippen molar-refractivity contribution in [2.24, 2.45) is 5.92 Å². The van der Waals surface area contributed by atoms with E-state index >= 15 is 0 Å². The molecule has 2 amide bonds. The molecule has 10 nitrogen and oxygen atoms in total. The highest BCUT2D eigenvalue weighted by molar-refractivity contribution is 7.89. The second-order valence-corrected chi connectivity index (χ2v) is 15.4. The van der Waals surface area contributed by atoms with Crippen LogP contribution in [-0.4, -0.2) is 117 Å². The Kier molecular flexibility index (Phi) is 11.3. The fraction of sp³-hybridized carbons (Fsp3) is 0.474. The van der Waals surface area contributed by atoms with Gasteiger partial charge in [-0.15, -0.1) is 0 Å². The summed E-state index contributed by atoms with van der Waals surface area (Å²) in [6.07, 6.45) is 0.976. The summed E-state index contributed by atoms with van der Waals surface area (Å²) >= 11 is 0. The second kappa shape index (κ2) is 15.8. The van der Waals surface area contributed by atoms with E-state index in [1.54, 1.807) is 17.0 Å². The molecule has 3 aliphatic heterocycles. The molecule has 3 aliphatic rings. The first-order valence-electron chi connectivity index (χ1n) is 17.6. The normalized spacial score (nSPS) is 18.6. The van der Waals surface area contributed by atoms with Gasteiger partial charge in [0.15, 0.2) is 0 Å². The van der Waals surface area contributed by atoms with Gasteiger partial charge < -0.3 is 19.9 Å². The van der Waals surface area contributed by atoms with Crippen molar-refractivity contribution in [2.75, 3.05) is 77.4 Å². The van der Waals surface area contributed by atoms with Crippen molar-refractivity contribution in [3.8, 4) is 0 Å². The van der Waals surface area contributed by atoms with Crippen molar-refractivity contribution in [2.45, 2.75) is 43.5 Å². The zero-order chi connectivity index (χ0) is 34.4. The zero-order valence-corrected chi connectivity index (χ0v) is 29.5. The molecule has 3 heterocycles. The third-order valence-corrected chi connectivity index (χ3v) is 12.1. The quantitative estimate of drug-likeness (QED) is 0.338. The van der Waals surface area contributed by atoms with Crippen molar-refractivity contribution in [3.63, 3.8) is 0 Å². The number of nitrogens with zero attached hydrogens (tertiary/aromatic N) is 4. The van der Waals surface area contributed by atoms with Gasteiger partial charge in [-0.05, 0) is 56.0 Å². The number of hydrogen-bond acceptors (Lipinski definition) is 7. The topological polar surface area (TPSA) is 102 Å². The Balaban J connectivity index is 1.19. The number of morpholine rings is 1. The lowest BCUT2D eigenvalue weighted by Gasteiger charge is -2.39. The van der Waals surface area contributed by atoms with Gasteiger partial charge in [0, 0.05) is 82.5 Å². The van der Waals surface area contributed by atoms with Crippen LogP contribution in [0.1, 0.15) is 54.1 Å². The van der Waals surface area contributed by atoms with Crippen LogP contribution >= 0.6 is 0 Å². The summed E-state index contributed by atoms with van der Waals surface area (Å²) in [7, 11) is -3.90. The number of rotatable bonds is 10. The lowest BCUT2D eigenvalue weighted by Crippen LogP contribution is -2.53. The fourth-order valence-corrected chi connectivity index (χ4v) is 8.67. The first-order chi connectivity index (χ1) is 23.7. The van der Waals surface area contributed by atoms with Crippen LogP contribution in [0.25, 0.3) is 0 Å². The number of piperazine rings is 1. The van der Waals surface area contributed by atoms with E-state index in [0.717, 1.165) is 24.2 Å². The van der Waals surface area contributed by atoms with E-state index in [4.69, 9.17) is 4.74 Å². The van der Waals surface area contributed by atoms with Gasteiger partial charge in [-0.3, -0.25) is 14.5 Å². The molecule has 3 fully saturated rings. The maximum absolute atomic E-state index is 14.0. The van der Waals surface area contributed by atoms with Gasteiger partial charge in [0.25, 0.3) is 5.91 Å². The molecule has 0 spiro atoms. The molecule has 0 atom stereocenters. The number of benzene rings is 3. The monoisotopic (exact) mass is 687 g/mol. The number of carbonyl (C=O) groups excluding carboxylic acids is 2. The second-order valence-electron chi connectivity index (χ2n) is 13.5. The Bertz CT molecular complexity index is 1630. The summed E-state index contributed by atoms with van der Waals surface area (Å²) in [6.45, 7) is 10.3. The van der Waals surface area contributed by atoms with Crippen LogP contribution in [0.2, 0.25) is 0 Å². The van der Waals surface area contributed by atoms with Crippen LogP contribution in [-0.2, 0) is 19.6 Å². The molecule has 49 heavy (non-hydrogen) atoms. The number of ether oxygens (including phenoxy) is 1. The van der Waals surface area contributed by atoms with Crippen LogP contribution in [0.5, 0.6) is 0 Å². The van der Waals surface area contributed by atoms with E-state index in [1.807, 2.05) is 41.3 Å². The zero-order valence-electron chi connectivity index (χ0n) is 28.7. The fourth-order valence-electron chi connectivity index (χ4n) is 7.17. The minimum absolute atomic E-state index is 0.0141. The van der Waals surface area contributed by atoms with E-state index in [2.05, 4.69) is 48.3 Å². The highest BCUT2D eigenvalue weighted by atomic mass is 32.2. The Morgan fingerprint density at radius 1 is 0.776 bits per heavy atom. The lowest BCUT2D eigenvalue weighted by molar-refractivity contribution is -0.138. The van der Waals surface area contributed by atoms with Crippen molar-refractivity contribution in [3.05, 3.63) is 95.6 Å². The van der Waals surface area contributed by atoms with Crippen molar-refractivity contribution in [1.82, 2.24) is 19.0 Å².